The standard InChI is InChI=1S/C16H29F3N2O2/c1-5-6-7-8-9-10-11-20-13(22)12(15(2,3)4)21-14(23)16(17,18)19/h12H,5-11H2,1-4H3,(H,20,22)(H,21,23). The van der Waals surface area contributed by atoms with E-state index in [1.807, 2.05) is 0 Å². The van der Waals surface area contributed by atoms with E-state index in [1.54, 1.807) is 26.1 Å². The molecule has 136 valence electrons. The third-order valence-corrected chi connectivity index (χ3v) is 3.49. The summed E-state index contributed by atoms with van der Waals surface area (Å²) in [7, 11) is 0. The Morgan fingerprint density at radius 1 is 0.957 bits per heavy atom. The minimum atomic E-state index is -5.00. The summed E-state index contributed by atoms with van der Waals surface area (Å²) in [4.78, 5) is 23.2. The number of unbranched alkanes of at least 4 members (excludes halogenated alkanes) is 5. The van der Waals surface area contributed by atoms with Gasteiger partial charge in [0.1, 0.15) is 6.04 Å². The van der Waals surface area contributed by atoms with E-state index in [0.29, 0.717) is 6.54 Å². The SMILES string of the molecule is CCCCCCCCNC(=O)C(NC(=O)C(F)(F)F)C(C)(C)C. The van der Waals surface area contributed by atoms with Gasteiger partial charge in [0.25, 0.3) is 0 Å². The van der Waals surface area contributed by atoms with Crippen LogP contribution in [0.5, 0.6) is 0 Å². The Hall–Kier alpha value is -1.27. The lowest BCUT2D eigenvalue weighted by molar-refractivity contribution is -0.175. The molecule has 0 saturated carbocycles. The van der Waals surface area contributed by atoms with Crippen molar-refractivity contribution in [3.05, 3.63) is 0 Å². The summed E-state index contributed by atoms with van der Waals surface area (Å²) < 4.78 is 37.1. The number of carbonyl (C=O) groups excluding carboxylic acids is 2. The normalized spacial score (nSPS) is 13.5. The number of alkyl halides is 3. The molecule has 0 aliphatic heterocycles. The van der Waals surface area contributed by atoms with E-state index in [2.05, 4.69) is 12.2 Å². The van der Waals surface area contributed by atoms with Gasteiger partial charge in [0.2, 0.25) is 5.91 Å². The van der Waals surface area contributed by atoms with Crippen LogP contribution in [0.25, 0.3) is 0 Å². The van der Waals surface area contributed by atoms with Crippen LogP contribution in [0, 0.1) is 5.41 Å². The van der Waals surface area contributed by atoms with Crippen LogP contribution in [-0.2, 0) is 9.59 Å². The van der Waals surface area contributed by atoms with Gasteiger partial charge < -0.3 is 10.6 Å². The summed E-state index contributed by atoms with van der Waals surface area (Å²) in [5.74, 6) is -2.67. The quantitative estimate of drug-likeness (QED) is 0.632. The first-order valence-electron chi connectivity index (χ1n) is 8.15. The van der Waals surface area contributed by atoms with Gasteiger partial charge in [-0.25, -0.2) is 0 Å². The van der Waals surface area contributed by atoms with Gasteiger partial charge in [0.15, 0.2) is 0 Å². The van der Waals surface area contributed by atoms with Gasteiger partial charge in [0.05, 0.1) is 0 Å². The molecule has 0 saturated heterocycles. The van der Waals surface area contributed by atoms with Crippen LogP contribution in [0.3, 0.4) is 0 Å². The summed E-state index contributed by atoms with van der Waals surface area (Å²) in [5, 5.41) is 4.41. The second kappa shape index (κ2) is 9.78. The number of hydrogen-bond donors (Lipinski definition) is 2. The first-order chi connectivity index (χ1) is 10.5. The number of hydrogen-bond acceptors (Lipinski definition) is 2. The van der Waals surface area contributed by atoms with Crippen molar-refractivity contribution >= 4 is 11.8 Å². The van der Waals surface area contributed by atoms with Crippen molar-refractivity contribution in [3.63, 3.8) is 0 Å². The average Bonchev–Trinajstić information content (AvgIpc) is 2.40. The number of halogens is 3. The smallest absolute Gasteiger partial charge is 0.354 e. The Morgan fingerprint density at radius 3 is 1.96 bits per heavy atom. The Bertz CT molecular complexity index is 377. The first-order valence-corrected chi connectivity index (χ1v) is 8.15. The van der Waals surface area contributed by atoms with E-state index in [-0.39, 0.29) is 0 Å². The van der Waals surface area contributed by atoms with Crippen LogP contribution in [0.1, 0.15) is 66.2 Å². The van der Waals surface area contributed by atoms with Gasteiger partial charge in [-0.15, -0.1) is 0 Å². The molecule has 0 radical (unpaired) electrons. The summed E-state index contributed by atoms with van der Waals surface area (Å²) in [6, 6.07) is -1.23. The number of rotatable bonds is 9. The molecular weight excluding hydrogens is 309 g/mol. The maximum atomic E-state index is 12.4. The summed E-state index contributed by atoms with van der Waals surface area (Å²) in [5.41, 5.74) is -0.813. The number of carbonyl (C=O) groups is 2. The molecule has 2 amide bonds. The minimum absolute atomic E-state index is 0.402. The Kier molecular flexibility index (Phi) is 9.24. The van der Waals surface area contributed by atoms with E-state index in [0.717, 1.165) is 32.1 Å². The molecule has 0 fully saturated rings. The predicted octanol–water partition coefficient (Wildman–Crippen LogP) is 3.56. The van der Waals surface area contributed by atoms with Crippen molar-refractivity contribution in [2.24, 2.45) is 5.41 Å². The maximum absolute atomic E-state index is 12.4. The topological polar surface area (TPSA) is 58.2 Å². The van der Waals surface area contributed by atoms with Crippen molar-refractivity contribution in [1.82, 2.24) is 10.6 Å². The second-order valence-corrected chi connectivity index (χ2v) is 6.83. The van der Waals surface area contributed by atoms with Crippen molar-refractivity contribution in [3.8, 4) is 0 Å². The highest BCUT2D eigenvalue weighted by atomic mass is 19.4. The van der Waals surface area contributed by atoms with E-state index in [9.17, 15) is 22.8 Å². The predicted molar refractivity (Wildman–Crippen MR) is 83.8 cm³/mol. The number of amides is 2. The summed E-state index contributed by atoms with van der Waals surface area (Å²) >= 11 is 0. The highest BCUT2D eigenvalue weighted by molar-refractivity contribution is 5.90. The fourth-order valence-corrected chi connectivity index (χ4v) is 2.11. The lowest BCUT2D eigenvalue weighted by Gasteiger charge is -2.30. The molecule has 23 heavy (non-hydrogen) atoms. The van der Waals surface area contributed by atoms with Crippen molar-refractivity contribution in [1.29, 1.82) is 0 Å². The molecule has 0 spiro atoms. The molecule has 0 rings (SSSR count). The van der Waals surface area contributed by atoms with Crippen molar-refractivity contribution in [2.75, 3.05) is 6.54 Å². The number of nitrogens with one attached hydrogen (secondary N) is 2. The fraction of sp³-hybridized carbons (Fsp3) is 0.875. The molecule has 7 heteroatoms. The third-order valence-electron chi connectivity index (χ3n) is 3.49. The molecule has 0 aliphatic carbocycles. The largest absolute Gasteiger partial charge is 0.471 e. The molecule has 0 bridgehead atoms. The van der Waals surface area contributed by atoms with Gasteiger partial charge in [-0.3, -0.25) is 9.59 Å². The van der Waals surface area contributed by atoms with Gasteiger partial charge in [-0.05, 0) is 11.8 Å². The van der Waals surface area contributed by atoms with Gasteiger partial charge >= 0.3 is 12.1 Å². The zero-order chi connectivity index (χ0) is 18.1. The highest BCUT2D eigenvalue weighted by Crippen LogP contribution is 2.22. The molecular formula is C16H29F3N2O2. The van der Waals surface area contributed by atoms with Crippen LogP contribution < -0.4 is 10.6 Å². The molecule has 0 aromatic heterocycles. The third kappa shape index (κ3) is 9.46. The van der Waals surface area contributed by atoms with E-state index < -0.39 is 29.4 Å². The minimum Gasteiger partial charge on any atom is -0.354 e. The van der Waals surface area contributed by atoms with Crippen LogP contribution in [0.15, 0.2) is 0 Å². The molecule has 1 unspecified atom stereocenters. The lowest BCUT2D eigenvalue weighted by Crippen LogP contribution is -2.56. The molecule has 4 nitrogen and oxygen atoms in total. The van der Waals surface area contributed by atoms with Gasteiger partial charge in [-0.2, -0.15) is 13.2 Å². The fourth-order valence-electron chi connectivity index (χ4n) is 2.11. The van der Waals surface area contributed by atoms with Crippen LogP contribution >= 0.6 is 0 Å². The molecule has 0 aliphatic rings. The highest BCUT2D eigenvalue weighted by Gasteiger charge is 2.43. The zero-order valence-electron chi connectivity index (χ0n) is 14.5. The maximum Gasteiger partial charge on any atom is 0.471 e. The van der Waals surface area contributed by atoms with E-state index in [4.69, 9.17) is 0 Å². The monoisotopic (exact) mass is 338 g/mol. The van der Waals surface area contributed by atoms with Gasteiger partial charge in [0, 0.05) is 6.54 Å². The Balaban J connectivity index is 4.36. The molecule has 0 aromatic carbocycles. The molecule has 0 aromatic rings. The van der Waals surface area contributed by atoms with Crippen molar-refractivity contribution < 1.29 is 22.8 Å². The molecule has 0 heterocycles. The lowest BCUT2D eigenvalue weighted by atomic mass is 9.86. The second-order valence-electron chi connectivity index (χ2n) is 6.83. The van der Waals surface area contributed by atoms with Crippen LogP contribution in [-0.4, -0.2) is 30.6 Å². The Labute approximate surface area is 136 Å². The average molecular weight is 338 g/mol. The van der Waals surface area contributed by atoms with Gasteiger partial charge in [-0.1, -0.05) is 59.8 Å². The zero-order valence-corrected chi connectivity index (χ0v) is 14.5. The van der Waals surface area contributed by atoms with Crippen LogP contribution in [0.2, 0.25) is 0 Å². The molecule has 1 atom stereocenters. The van der Waals surface area contributed by atoms with Crippen LogP contribution in [0.4, 0.5) is 13.2 Å². The van der Waals surface area contributed by atoms with Crippen molar-refractivity contribution in [2.45, 2.75) is 78.4 Å². The molecule has 2 N–H and O–H groups in total. The summed E-state index contributed by atoms with van der Waals surface area (Å²) in [6.45, 7) is 7.36. The summed E-state index contributed by atoms with van der Waals surface area (Å²) in [6.07, 6.45) is 1.32. The Morgan fingerprint density at radius 2 is 1.48 bits per heavy atom. The van der Waals surface area contributed by atoms with E-state index in [1.165, 1.54) is 6.42 Å². The first kappa shape index (κ1) is 21.7. The van der Waals surface area contributed by atoms with E-state index >= 15 is 0 Å².